The summed E-state index contributed by atoms with van der Waals surface area (Å²) in [6.45, 7) is 1.59. The van der Waals surface area contributed by atoms with E-state index in [-0.39, 0.29) is 10.6 Å². The average molecular weight is 432 g/mol. The summed E-state index contributed by atoms with van der Waals surface area (Å²) in [5.41, 5.74) is 2.21. The van der Waals surface area contributed by atoms with Gasteiger partial charge in [-0.1, -0.05) is 37.9 Å². The molecule has 76 valence electrons. The Kier molecular flexibility index (Phi) is 5.06. The Bertz CT molecular complexity index is 352. The summed E-state index contributed by atoms with van der Waals surface area (Å²) in [5.74, 6) is 0.133. The summed E-state index contributed by atoms with van der Waals surface area (Å²) < 4.78 is 1.18. The molecule has 1 rings (SSSR count). The van der Waals surface area contributed by atoms with Crippen LogP contribution in [-0.4, -0.2) is 5.78 Å². The first-order chi connectivity index (χ1) is 6.56. The number of carbonyl (C=O) groups is 1. The highest BCUT2D eigenvalue weighted by Gasteiger charge is 2.15. The molecule has 0 radical (unpaired) electrons. The van der Waals surface area contributed by atoms with Crippen LogP contribution < -0.4 is 0 Å². The molecule has 0 amide bonds. The number of ketones is 1. The number of halogens is 3. The minimum atomic E-state index is -0.188. The Hall–Kier alpha value is 0.580. The molecule has 1 atom stereocenters. The lowest BCUT2D eigenvalue weighted by Crippen LogP contribution is -2.04. The monoisotopic (exact) mass is 430 g/mol. The molecule has 1 nitrogen and oxygen atoms in total. The average Bonchev–Trinajstić information content (AvgIpc) is 2.16. The van der Waals surface area contributed by atoms with E-state index in [0.717, 1.165) is 16.5 Å². The van der Waals surface area contributed by atoms with Crippen molar-refractivity contribution >= 4 is 60.2 Å². The van der Waals surface area contributed by atoms with Crippen LogP contribution in [0.15, 0.2) is 18.2 Å². The van der Waals surface area contributed by atoms with E-state index in [1.165, 1.54) is 3.57 Å². The van der Waals surface area contributed by atoms with Gasteiger partial charge in [-0.15, -0.1) is 0 Å². The van der Waals surface area contributed by atoms with Gasteiger partial charge >= 0.3 is 0 Å². The Morgan fingerprint density at radius 2 is 2.21 bits per heavy atom. The first-order valence-electron chi connectivity index (χ1n) is 4.05. The Labute approximate surface area is 114 Å². The quantitative estimate of drug-likeness (QED) is 0.517. The predicted octanol–water partition coefficient (Wildman–Crippen LogP) is 4.21. The number of alkyl halides is 2. The molecule has 1 aromatic rings. The molecule has 0 saturated heterocycles. The highest BCUT2D eigenvalue weighted by atomic mass is 127. The van der Waals surface area contributed by atoms with Gasteiger partial charge in [0.15, 0.2) is 0 Å². The topological polar surface area (TPSA) is 17.1 Å². The number of Topliss-reactive ketones (excluding diaryl/α,β-unsaturated/α-hetero) is 1. The zero-order valence-electron chi connectivity index (χ0n) is 7.56. The second-order valence-electron chi connectivity index (χ2n) is 2.95. The second-order valence-corrected chi connectivity index (χ2v) is 5.67. The third-order valence-electron chi connectivity index (χ3n) is 1.88. The molecule has 0 bridgehead atoms. The largest absolute Gasteiger partial charge is 0.298 e. The minimum Gasteiger partial charge on any atom is -0.298 e. The molecule has 0 saturated carbocycles. The van der Waals surface area contributed by atoms with Gasteiger partial charge in [0.05, 0.1) is 4.83 Å². The van der Waals surface area contributed by atoms with Crippen LogP contribution >= 0.6 is 54.5 Å². The van der Waals surface area contributed by atoms with Crippen molar-refractivity contribution in [3.05, 3.63) is 32.9 Å². The van der Waals surface area contributed by atoms with Gasteiger partial charge in [0, 0.05) is 8.90 Å². The summed E-state index contributed by atoms with van der Waals surface area (Å²) in [6, 6.07) is 6.10. The molecule has 0 aromatic heterocycles. The molecule has 14 heavy (non-hydrogen) atoms. The van der Waals surface area contributed by atoms with Crippen molar-refractivity contribution in [2.24, 2.45) is 0 Å². The van der Waals surface area contributed by atoms with E-state index in [2.05, 4.69) is 60.5 Å². The molecule has 0 spiro atoms. The number of hydrogen-bond donors (Lipinski definition) is 0. The van der Waals surface area contributed by atoms with Crippen LogP contribution in [0.3, 0.4) is 0 Å². The highest BCUT2D eigenvalue weighted by Crippen LogP contribution is 2.29. The van der Waals surface area contributed by atoms with Crippen molar-refractivity contribution in [2.45, 2.75) is 17.1 Å². The molecular weight excluding hydrogens is 423 g/mol. The van der Waals surface area contributed by atoms with Crippen molar-refractivity contribution < 1.29 is 4.79 Å². The fourth-order valence-corrected chi connectivity index (χ4v) is 2.64. The molecule has 0 aliphatic rings. The maximum Gasteiger partial charge on any atom is 0.147 e. The zero-order chi connectivity index (χ0) is 10.7. The lowest BCUT2D eigenvalue weighted by molar-refractivity contribution is -0.116. The van der Waals surface area contributed by atoms with Gasteiger partial charge in [-0.2, -0.15) is 0 Å². The van der Waals surface area contributed by atoms with Crippen molar-refractivity contribution in [1.29, 1.82) is 0 Å². The molecule has 0 heterocycles. The molecule has 1 unspecified atom stereocenters. The summed E-state index contributed by atoms with van der Waals surface area (Å²) in [7, 11) is 0. The van der Waals surface area contributed by atoms with Crippen LogP contribution in [-0.2, 0) is 10.1 Å². The van der Waals surface area contributed by atoms with Crippen LogP contribution in [0.5, 0.6) is 0 Å². The fraction of sp³-hybridized carbons (Fsp3) is 0.300. The number of benzene rings is 1. The number of hydrogen-bond acceptors (Lipinski definition) is 1. The number of rotatable bonds is 3. The lowest BCUT2D eigenvalue weighted by Gasteiger charge is -2.11. The molecule has 1 aromatic carbocycles. The molecule has 4 heteroatoms. The maximum atomic E-state index is 11.2. The van der Waals surface area contributed by atoms with Crippen LogP contribution in [0.4, 0.5) is 0 Å². The van der Waals surface area contributed by atoms with Gasteiger partial charge < -0.3 is 0 Å². The van der Waals surface area contributed by atoms with E-state index in [1.807, 2.05) is 12.1 Å². The van der Waals surface area contributed by atoms with Crippen LogP contribution in [0.2, 0.25) is 0 Å². The van der Waals surface area contributed by atoms with Crippen molar-refractivity contribution in [2.75, 3.05) is 0 Å². The zero-order valence-corrected chi connectivity index (χ0v) is 12.9. The van der Waals surface area contributed by atoms with Crippen molar-refractivity contribution in [1.82, 2.24) is 0 Å². The maximum absolute atomic E-state index is 11.2. The van der Waals surface area contributed by atoms with Crippen molar-refractivity contribution in [3.8, 4) is 0 Å². The molecular formula is C10H9Br2IO. The fourth-order valence-electron chi connectivity index (χ4n) is 1.16. The predicted molar refractivity (Wildman–Crippen MR) is 74.1 cm³/mol. The Morgan fingerprint density at radius 1 is 1.57 bits per heavy atom. The van der Waals surface area contributed by atoms with Crippen molar-refractivity contribution in [3.63, 3.8) is 0 Å². The first kappa shape index (κ1) is 12.6. The van der Waals surface area contributed by atoms with Gasteiger partial charge in [0.25, 0.3) is 0 Å². The van der Waals surface area contributed by atoms with Gasteiger partial charge in [-0.3, -0.25) is 4.79 Å². The van der Waals surface area contributed by atoms with E-state index >= 15 is 0 Å². The standard InChI is InChI=1S/C10H9Br2IO/c1-6(14)10(12)9-3-2-8(13)4-7(9)5-11/h2-4,10H,5H2,1H3. The van der Waals surface area contributed by atoms with Gasteiger partial charge in [-0.05, 0) is 52.8 Å². The minimum absolute atomic E-state index is 0.133. The normalized spacial score (nSPS) is 12.6. The first-order valence-corrected chi connectivity index (χ1v) is 7.16. The summed E-state index contributed by atoms with van der Waals surface area (Å²) in [4.78, 5) is 11.0. The Balaban J connectivity index is 3.13. The van der Waals surface area contributed by atoms with E-state index < -0.39 is 0 Å². The van der Waals surface area contributed by atoms with Crippen LogP contribution in [0.25, 0.3) is 0 Å². The highest BCUT2D eigenvalue weighted by molar-refractivity contribution is 14.1. The van der Waals surface area contributed by atoms with Gasteiger partial charge in [0.1, 0.15) is 5.78 Å². The van der Waals surface area contributed by atoms with E-state index in [9.17, 15) is 4.79 Å². The SMILES string of the molecule is CC(=O)C(Br)c1ccc(I)cc1CBr. The molecule has 0 aliphatic carbocycles. The Morgan fingerprint density at radius 3 is 2.71 bits per heavy atom. The molecule has 0 aliphatic heterocycles. The van der Waals surface area contributed by atoms with Gasteiger partial charge in [-0.25, -0.2) is 0 Å². The summed E-state index contributed by atoms with van der Waals surface area (Å²) in [5, 5.41) is 0.772. The second kappa shape index (κ2) is 5.61. The van der Waals surface area contributed by atoms with Crippen LogP contribution in [0.1, 0.15) is 22.9 Å². The third kappa shape index (κ3) is 3.03. The van der Waals surface area contributed by atoms with E-state index in [0.29, 0.717) is 0 Å². The smallest absolute Gasteiger partial charge is 0.147 e. The van der Waals surface area contributed by atoms with E-state index in [4.69, 9.17) is 0 Å². The molecule has 0 fully saturated rings. The molecule has 0 N–H and O–H groups in total. The number of carbonyl (C=O) groups excluding carboxylic acids is 1. The summed E-state index contributed by atoms with van der Waals surface area (Å²) in [6.07, 6.45) is 0. The summed E-state index contributed by atoms with van der Waals surface area (Å²) >= 11 is 9.08. The van der Waals surface area contributed by atoms with Crippen LogP contribution in [0, 0.1) is 3.57 Å². The van der Waals surface area contributed by atoms with E-state index in [1.54, 1.807) is 6.92 Å². The third-order valence-corrected chi connectivity index (χ3v) is 4.29. The lowest BCUT2D eigenvalue weighted by atomic mass is 10.0. The van der Waals surface area contributed by atoms with Gasteiger partial charge in [0.2, 0.25) is 0 Å².